The zero-order valence-electron chi connectivity index (χ0n) is 24.0. The number of aromatic nitrogens is 1. The van der Waals surface area contributed by atoms with Crippen LogP contribution >= 0.6 is 22.9 Å². The van der Waals surface area contributed by atoms with E-state index in [4.69, 9.17) is 16.3 Å². The molecular weight excluding hydrogens is 606 g/mol. The molecule has 2 amide bonds. The number of benzene rings is 2. The third-order valence-corrected chi connectivity index (χ3v) is 7.91. The number of rotatable bonds is 18. The minimum Gasteiger partial charge on any atom is -1.00 e. The average molecular weight is 651 g/mol. The number of hydrogen-bond donors (Lipinski definition) is 2. The lowest BCUT2D eigenvalue weighted by atomic mass is 10.1. The molecule has 2 aromatic carbocycles. The Hall–Kier alpha value is -2.09. The summed E-state index contributed by atoms with van der Waals surface area (Å²) in [6, 6.07) is 12.9. The Morgan fingerprint density at radius 2 is 1.43 bits per heavy atom. The number of nitrogens with zero attached hydrogens (tertiary/aromatic N) is 1. The number of anilines is 2. The molecule has 0 unspecified atom stereocenters. The highest BCUT2D eigenvalue weighted by molar-refractivity contribution is 7.09. The summed E-state index contributed by atoms with van der Waals surface area (Å²) in [7, 11) is 0. The molecule has 0 aliphatic heterocycles. The van der Waals surface area contributed by atoms with Crippen molar-refractivity contribution >= 4 is 40.3 Å². The SMILES string of the molecule is CCCCCCCCCCCCCCOc1cc(NC(=O)Nc2ccc(C[n+]3csc(C)c3)cc2)ccc1Cl.[Br-]. The number of hydrogen-bond acceptors (Lipinski definition) is 3. The number of amides is 2. The predicted octanol–water partition coefficient (Wildman–Crippen LogP) is 6.77. The largest absolute Gasteiger partial charge is 1.00 e. The Morgan fingerprint density at radius 3 is 2.02 bits per heavy atom. The van der Waals surface area contributed by atoms with Gasteiger partial charge in [-0.05, 0) is 37.6 Å². The molecule has 1 heterocycles. The fourth-order valence-electron chi connectivity index (χ4n) is 4.54. The third-order valence-electron chi connectivity index (χ3n) is 6.74. The minimum absolute atomic E-state index is 0. The first-order chi connectivity index (χ1) is 19.0. The van der Waals surface area contributed by atoms with Gasteiger partial charge in [0.2, 0.25) is 5.51 Å². The molecule has 3 aromatic rings. The Kier molecular flexibility index (Phi) is 17.0. The van der Waals surface area contributed by atoms with Crippen molar-refractivity contribution in [2.75, 3.05) is 17.2 Å². The van der Waals surface area contributed by atoms with Crippen LogP contribution in [-0.2, 0) is 6.54 Å². The molecule has 2 N–H and O–H groups in total. The zero-order chi connectivity index (χ0) is 27.7. The van der Waals surface area contributed by atoms with Crippen LogP contribution in [0.5, 0.6) is 5.75 Å². The van der Waals surface area contributed by atoms with Crippen LogP contribution in [0.4, 0.5) is 16.2 Å². The second-order valence-electron chi connectivity index (χ2n) is 10.3. The van der Waals surface area contributed by atoms with Gasteiger partial charge in [-0.2, -0.15) is 4.57 Å². The number of unbranched alkanes of at least 4 members (excludes halogenated alkanes) is 11. The van der Waals surface area contributed by atoms with Gasteiger partial charge < -0.3 is 32.4 Å². The normalized spacial score (nSPS) is 10.7. The van der Waals surface area contributed by atoms with Crippen molar-refractivity contribution in [3.8, 4) is 5.75 Å². The van der Waals surface area contributed by atoms with Crippen LogP contribution < -0.4 is 36.9 Å². The number of halogens is 2. The standard InChI is InChI=1S/C32H44ClN3O2S.BrH/c1-3-4-5-6-7-8-9-10-11-12-13-14-21-38-31-22-29(19-20-30(31)33)35-32(37)34-28-17-15-27(16-18-28)24-36-23-26(2)39-25-36;/h15-20,22-23,25H,3-14,21,24H2,1-2H3,(H-,34,35,37);1H. The summed E-state index contributed by atoms with van der Waals surface area (Å²) < 4.78 is 8.09. The maximum absolute atomic E-state index is 12.5. The second kappa shape index (κ2) is 19.9. The lowest BCUT2D eigenvalue weighted by Crippen LogP contribution is -3.00. The molecule has 0 bridgehead atoms. The number of nitrogens with one attached hydrogen (secondary N) is 2. The molecule has 0 aliphatic rings. The molecule has 0 radical (unpaired) electrons. The number of ether oxygens (including phenoxy) is 1. The van der Waals surface area contributed by atoms with Gasteiger partial charge in [0.25, 0.3) is 0 Å². The highest BCUT2D eigenvalue weighted by Crippen LogP contribution is 2.28. The molecule has 0 saturated heterocycles. The molecule has 8 heteroatoms. The van der Waals surface area contributed by atoms with E-state index >= 15 is 0 Å². The van der Waals surface area contributed by atoms with E-state index in [1.165, 1.54) is 81.1 Å². The Labute approximate surface area is 260 Å². The molecule has 0 saturated carbocycles. The van der Waals surface area contributed by atoms with Gasteiger partial charge in [0.05, 0.1) is 16.5 Å². The predicted molar refractivity (Wildman–Crippen MR) is 165 cm³/mol. The van der Waals surface area contributed by atoms with Gasteiger partial charge in [-0.25, -0.2) is 4.79 Å². The van der Waals surface area contributed by atoms with E-state index in [2.05, 4.69) is 40.8 Å². The number of urea groups is 1. The summed E-state index contributed by atoms with van der Waals surface area (Å²) in [6.45, 7) is 5.80. The summed E-state index contributed by atoms with van der Waals surface area (Å²) in [4.78, 5) is 13.8. The molecule has 0 spiro atoms. The Bertz CT molecular complexity index is 1120. The number of carbonyl (C=O) groups excluding carboxylic acids is 1. The van der Waals surface area contributed by atoms with Crippen LogP contribution in [0.3, 0.4) is 0 Å². The molecule has 220 valence electrons. The van der Waals surface area contributed by atoms with Gasteiger partial charge in [-0.3, -0.25) is 0 Å². The number of aryl methyl sites for hydroxylation is 1. The Balaban J connectivity index is 0.00000560. The minimum atomic E-state index is -0.306. The van der Waals surface area contributed by atoms with Gasteiger partial charge >= 0.3 is 6.03 Å². The van der Waals surface area contributed by atoms with E-state index in [1.54, 1.807) is 29.5 Å². The highest BCUT2D eigenvalue weighted by atomic mass is 79.9. The lowest BCUT2D eigenvalue weighted by molar-refractivity contribution is -0.683. The molecule has 0 atom stereocenters. The van der Waals surface area contributed by atoms with Crippen molar-refractivity contribution in [3.05, 3.63) is 69.6 Å². The second-order valence-corrected chi connectivity index (χ2v) is 11.8. The fraction of sp³-hybridized carbons (Fsp3) is 0.500. The highest BCUT2D eigenvalue weighted by Gasteiger charge is 2.09. The monoisotopic (exact) mass is 649 g/mol. The summed E-state index contributed by atoms with van der Waals surface area (Å²) in [5.74, 6) is 0.600. The first-order valence-corrected chi connectivity index (χ1v) is 15.8. The van der Waals surface area contributed by atoms with Crippen LogP contribution in [0.15, 0.2) is 54.2 Å². The van der Waals surface area contributed by atoms with Gasteiger partial charge in [-0.15, -0.1) is 0 Å². The van der Waals surface area contributed by atoms with Gasteiger partial charge in [-0.1, -0.05) is 113 Å². The van der Waals surface area contributed by atoms with Crippen molar-refractivity contribution in [3.63, 3.8) is 0 Å². The molecule has 1 aromatic heterocycles. The quantitative estimate of drug-likeness (QED) is 0.118. The van der Waals surface area contributed by atoms with Crippen molar-refractivity contribution in [1.29, 1.82) is 0 Å². The van der Waals surface area contributed by atoms with Crippen LogP contribution in [-0.4, -0.2) is 12.6 Å². The first-order valence-electron chi connectivity index (χ1n) is 14.6. The van der Waals surface area contributed by atoms with Gasteiger partial charge in [0.1, 0.15) is 5.75 Å². The summed E-state index contributed by atoms with van der Waals surface area (Å²) in [5.41, 5.74) is 4.66. The smallest absolute Gasteiger partial charge is 0.323 e. The van der Waals surface area contributed by atoms with E-state index in [0.717, 1.165) is 18.7 Å². The summed E-state index contributed by atoms with van der Waals surface area (Å²) in [6.07, 6.45) is 17.9. The molecule has 40 heavy (non-hydrogen) atoms. The van der Waals surface area contributed by atoms with Crippen molar-refractivity contribution in [2.24, 2.45) is 0 Å². The zero-order valence-corrected chi connectivity index (χ0v) is 27.2. The van der Waals surface area contributed by atoms with Crippen LogP contribution in [0.25, 0.3) is 0 Å². The van der Waals surface area contributed by atoms with Crippen LogP contribution in [0.1, 0.15) is 94.4 Å². The first kappa shape index (κ1) is 34.1. The average Bonchev–Trinajstić information content (AvgIpc) is 3.33. The molecule has 0 aliphatic carbocycles. The summed E-state index contributed by atoms with van der Waals surface area (Å²) in [5, 5.41) is 6.31. The molecule has 0 fully saturated rings. The van der Waals surface area contributed by atoms with Gasteiger partial charge in [0, 0.05) is 23.0 Å². The van der Waals surface area contributed by atoms with Crippen LogP contribution in [0.2, 0.25) is 5.02 Å². The summed E-state index contributed by atoms with van der Waals surface area (Å²) >= 11 is 8.06. The number of thiazole rings is 1. The van der Waals surface area contributed by atoms with E-state index in [-0.39, 0.29) is 23.0 Å². The Morgan fingerprint density at radius 1 is 0.850 bits per heavy atom. The lowest BCUT2D eigenvalue weighted by Gasteiger charge is -2.12. The van der Waals surface area contributed by atoms with Crippen LogP contribution in [0, 0.1) is 6.92 Å². The van der Waals surface area contributed by atoms with E-state index < -0.39 is 0 Å². The maximum Gasteiger partial charge on any atom is 0.323 e. The number of carbonyl (C=O) groups is 1. The van der Waals surface area contributed by atoms with Crippen molar-refractivity contribution in [2.45, 2.75) is 97.4 Å². The third kappa shape index (κ3) is 13.5. The molecular formula is C32H45BrClN3O2S. The molecule has 5 nitrogen and oxygen atoms in total. The van der Waals surface area contributed by atoms with Crippen molar-refractivity contribution in [1.82, 2.24) is 0 Å². The fourth-order valence-corrected chi connectivity index (χ4v) is 5.35. The van der Waals surface area contributed by atoms with E-state index in [1.807, 2.05) is 24.3 Å². The van der Waals surface area contributed by atoms with E-state index in [0.29, 0.717) is 23.1 Å². The van der Waals surface area contributed by atoms with Crippen molar-refractivity contribution < 1.29 is 31.1 Å². The maximum atomic E-state index is 12.5. The topological polar surface area (TPSA) is 54.2 Å². The van der Waals surface area contributed by atoms with E-state index in [9.17, 15) is 4.79 Å². The molecule has 3 rings (SSSR count). The van der Waals surface area contributed by atoms with Gasteiger partial charge in [0.15, 0.2) is 12.7 Å².